The van der Waals surface area contributed by atoms with Crippen molar-refractivity contribution in [3.63, 3.8) is 0 Å². The lowest BCUT2D eigenvalue weighted by molar-refractivity contribution is -0.128. The first kappa shape index (κ1) is 36.3. The molecular weight excluding hydrogens is 639 g/mol. The molecule has 2 aromatic carbocycles. The lowest BCUT2D eigenvalue weighted by Crippen LogP contribution is -2.57. The Labute approximate surface area is 282 Å². The first-order chi connectivity index (χ1) is 22.2. The number of nitrogens with zero attached hydrogens (tertiary/aromatic N) is 4. The summed E-state index contributed by atoms with van der Waals surface area (Å²) in [5.74, 6) is -0.708. The summed E-state index contributed by atoms with van der Waals surface area (Å²) in [5.41, 5.74) is 2.08. The summed E-state index contributed by atoms with van der Waals surface area (Å²) >= 11 is 1.52. The minimum absolute atomic E-state index is 0.00841. The molecule has 1 aromatic heterocycles. The second kappa shape index (κ2) is 15.6. The van der Waals surface area contributed by atoms with Gasteiger partial charge in [0.05, 0.1) is 34.3 Å². The van der Waals surface area contributed by atoms with Gasteiger partial charge in [0.1, 0.15) is 11.8 Å². The number of phenolic OH excluding ortho intramolecular Hbond substituents is 1. The smallest absolute Gasteiger partial charge is 0.321 e. The van der Waals surface area contributed by atoms with Crippen molar-refractivity contribution in [3.05, 3.63) is 75.7 Å². The zero-order valence-electron chi connectivity index (χ0n) is 28.0. The standard InChI is InChI=1S/C34H47N5O6S2/c1-22(2)18-38(47(44,45)28-12-13-30(40)24(5)16-28)20-31(41)29(17-26-10-8-7-9-11-26)36-33(42)32(23(3)4)39-15-14-37(34(39)43)19-27-21-46-25(6)35-27/h7-13,16,21-23,29,31-32,40-41H,14-15,17-20H2,1-6H3,(H,36,42)/t29-,31+,32-/m0/s1. The van der Waals surface area contributed by atoms with Gasteiger partial charge in [0.15, 0.2) is 0 Å². The van der Waals surface area contributed by atoms with Gasteiger partial charge < -0.3 is 25.3 Å². The van der Waals surface area contributed by atoms with Gasteiger partial charge in [0.25, 0.3) is 0 Å². The van der Waals surface area contributed by atoms with Crippen LogP contribution in [-0.2, 0) is 27.8 Å². The minimum Gasteiger partial charge on any atom is -0.508 e. The van der Waals surface area contributed by atoms with Crippen molar-refractivity contribution in [2.75, 3.05) is 26.2 Å². The van der Waals surface area contributed by atoms with E-state index in [1.165, 1.54) is 33.8 Å². The number of aliphatic hydroxyl groups excluding tert-OH is 1. The summed E-state index contributed by atoms with van der Waals surface area (Å²) < 4.78 is 28.9. The van der Waals surface area contributed by atoms with Crippen molar-refractivity contribution in [2.45, 2.75) is 77.6 Å². The van der Waals surface area contributed by atoms with Crippen molar-refractivity contribution in [1.82, 2.24) is 24.4 Å². The van der Waals surface area contributed by atoms with E-state index in [1.807, 2.05) is 70.3 Å². The van der Waals surface area contributed by atoms with Crippen LogP contribution < -0.4 is 5.32 Å². The number of carbonyl (C=O) groups excluding carboxylic acids is 2. The maximum absolute atomic E-state index is 14.0. The highest BCUT2D eigenvalue weighted by Gasteiger charge is 2.40. The summed E-state index contributed by atoms with van der Waals surface area (Å²) in [7, 11) is -4.06. The molecule has 3 N–H and O–H groups in total. The second-order valence-electron chi connectivity index (χ2n) is 13.0. The molecule has 47 heavy (non-hydrogen) atoms. The van der Waals surface area contributed by atoms with Crippen LogP contribution in [0.15, 0.2) is 58.8 Å². The molecule has 1 fully saturated rings. The molecule has 3 amide bonds. The molecule has 2 heterocycles. The molecule has 4 rings (SSSR count). The number of hydrogen-bond acceptors (Lipinski definition) is 8. The molecule has 1 saturated heterocycles. The fraction of sp³-hybridized carbons (Fsp3) is 0.500. The Hall–Kier alpha value is -3.52. The molecule has 0 radical (unpaired) electrons. The monoisotopic (exact) mass is 685 g/mol. The number of rotatable bonds is 15. The van der Waals surface area contributed by atoms with Crippen LogP contribution in [0.2, 0.25) is 0 Å². The zero-order valence-corrected chi connectivity index (χ0v) is 29.6. The first-order valence-electron chi connectivity index (χ1n) is 16.0. The van der Waals surface area contributed by atoms with Crippen LogP contribution >= 0.6 is 11.3 Å². The van der Waals surface area contributed by atoms with Crippen molar-refractivity contribution >= 4 is 33.3 Å². The molecule has 1 aliphatic heterocycles. The van der Waals surface area contributed by atoms with Crippen LogP contribution in [0.5, 0.6) is 5.75 Å². The highest BCUT2D eigenvalue weighted by atomic mass is 32.2. The van der Waals surface area contributed by atoms with Crippen LogP contribution in [0.3, 0.4) is 0 Å². The Balaban J connectivity index is 1.58. The predicted molar refractivity (Wildman–Crippen MR) is 183 cm³/mol. The maximum atomic E-state index is 14.0. The van der Waals surface area contributed by atoms with Crippen LogP contribution in [0.1, 0.15) is 49.5 Å². The Kier molecular flexibility index (Phi) is 12.0. The average molecular weight is 686 g/mol. The molecule has 0 aliphatic carbocycles. The van der Waals surface area contributed by atoms with Gasteiger partial charge in [-0.2, -0.15) is 4.31 Å². The number of aromatic hydroxyl groups is 1. The Morgan fingerprint density at radius 2 is 1.77 bits per heavy atom. The van der Waals surface area contributed by atoms with E-state index in [-0.39, 0.29) is 48.0 Å². The lowest BCUT2D eigenvalue weighted by Gasteiger charge is -2.34. The maximum Gasteiger partial charge on any atom is 0.321 e. The van der Waals surface area contributed by atoms with Gasteiger partial charge >= 0.3 is 6.03 Å². The van der Waals surface area contributed by atoms with E-state index >= 15 is 0 Å². The van der Waals surface area contributed by atoms with Crippen molar-refractivity contribution < 1.29 is 28.2 Å². The van der Waals surface area contributed by atoms with Gasteiger partial charge in [-0.15, -0.1) is 11.3 Å². The van der Waals surface area contributed by atoms with E-state index in [0.717, 1.165) is 16.3 Å². The number of amides is 3. The van der Waals surface area contributed by atoms with E-state index in [9.17, 15) is 28.2 Å². The highest BCUT2D eigenvalue weighted by molar-refractivity contribution is 7.89. The normalized spacial score (nSPS) is 15.9. The minimum atomic E-state index is -4.06. The average Bonchev–Trinajstić information content (AvgIpc) is 3.58. The third kappa shape index (κ3) is 9.10. The Morgan fingerprint density at radius 1 is 1.06 bits per heavy atom. The number of aromatic nitrogens is 1. The van der Waals surface area contributed by atoms with E-state index in [2.05, 4.69) is 10.3 Å². The number of phenols is 1. The number of thiazole rings is 1. The fourth-order valence-corrected chi connectivity index (χ4v) is 8.17. The van der Waals surface area contributed by atoms with Gasteiger partial charge in [-0.05, 0) is 61.4 Å². The molecule has 3 aromatic rings. The SMILES string of the molecule is Cc1nc(CN2CCN([C@H](C(=O)N[C@@H](Cc3ccccc3)[C@H](O)CN(CC(C)C)S(=O)(=O)c3ccc(O)c(C)c3)C(C)C)C2=O)cs1. The molecule has 0 unspecified atom stereocenters. The number of sulfonamides is 1. The quantitative estimate of drug-likeness (QED) is 0.218. The van der Waals surface area contributed by atoms with Gasteiger partial charge in [-0.25, -0.2) is 18.2 Å². The number of hydrogen-bond donors (Lipinski definition) is 3. The summed E-state index contributed by atoms with van der Waals surface area (Å²) in [5, 5.41) is 27.5. The van der Waals surface area contributed by atoms with Gasteiger partial charge in [0, 0.05) is 31.6 Å². The first-order valence-corrected chi connectivity index (χ1v) is 18.3. The summed E-state index contributed by atoms with van der Waals surface area (Å²) in [6.07, 6.45) is -1.03. The van der Waals surface area contributed by atoms with E-state index in [1.54, 1.807) is 16.7 Å². The van der Waals surface area contributed by atoms with Crippen LogP contribution in [0, 0.1) is 25.7 Å². The zero-order chi connectivity index (χ0) is 34.5. The molecule has 0 spiro atoms. The molecule has 13 heteroatoms. The number of aliphatic hydroxyl groups is 1. The molecule has 0 saturated carbocycles. The Morgan fingerprint density at radius 3 is 2.36 bits per heavy atom. The summed E-state index contributed by atoms with van der Waals surface area (Å²) in [6.45, 7) is 12.1. The predicted octanol–water partition coefficient (Wildman–Crippen LogP) is 4.16. The molecule has 256 valence electrons. The molecule has 11 nitrogen and oxygen atoms in total. The van der Waals surface area contributed by atoms with Gasteiger partial charge in [-0.1, -0.05) is 58.0 Å². The van der Waals surface area contributed by atoms with Crippen molar-refractivity contribution in [3.8, 4) is 5.75 Å². The van der Waals surface area contributed by atoms with Gasteiger partial charge in [0.2, 0.25) is 15.9 Å². The van der Waals surface area contributed by atoms with Crippen LogP contribution in [0.4, 0.5) is 4.79 Å². The van der Waals surface area contributed by atoms with Gasteiger partial charge in [-0.3, -0.25) is 4.79 Å². The third-order valence-corrected chi connectivity index (χ3v) is 10.9. The number of aryl methyl sites for hydroxylation is 2. The van der Waals surface area contributed by atoms with Crippen LogP contribution in [0.25, 0.3) is 0 Å². The molecule has 1 aliphatic rings. The van der Waals surface area contributed by atoms with Crippen molar-refractivity contribution in [1.29, 1.82) is 0 Å². The highest BCUT2D eigenvalue weighted by Crippen LogP contribution is 2.25. The number of nitrogens with one attached hydrogen (secondary N) is 1. The molecular formula is C34H47N5O6S2. The molecule has 0 bridgehead atoms. The summed E-state index contributed by atoms with van der Waals surface area (Å²) in [6, 6.07) is 11.6. The third-order valence-electron chi connectivity index (χ3n) is 8.24. The van der Waals surface area contributed by atoms with E-state index in [4.69, 9.17) is 0 Å². The fourth-order valence-electron chi connectivity index (χ4n) is 5.86. The van der Waals surface area contributed by atoms with Crippen molar-refractivity contribution in [2.24, 2.45) is 11.8 Å². The second-order valence-corrected chi connectivity index (χ2v) is 16.0. The number of benzene rings is 2. The molecule has 3 atom stereocenters. The largest absolute Gasteiger partial charge is 0.508 e. The summed E-state index contributed by atoms with van der Waals surface area (Å²) in [4.78, 5) is 35.3. The van der Waals surface area contributed by atoms with E-state index < -0.39 is 34.1 Å². The lowest BCUT2D eigenvalue weighted by atomic mass is 9.97. The topological polar surface area (TPSA) is 143 Å². The van der Waals surface area contributed by atoms with E-state index in [0.29, 0.717) is 25.2 Å². The van der Waals surface area contributed by atoms with Crippen LogP contribution in [-0.4, -0.2) is 94.0 Å². The number of carbonyl (C=O) groups is 2. The Bertz CT molecular complexity index is 1630. The number of urea groups is 1.